The van der Waals surface area contributed by atoms with Crippen molar-refractivity contribution in [3.05, 3.63) is 30.1 Å². The summed E-state index contributed by atoms with van der Waals surface area (Å²) in [5.74, 6) is -2.58. The maximum Gasteiger partial charge on any atom is 0.233 e. The molecule has 7 nitrogen and oxygen atoms in total. The largest absolute Gasteiger partial charge is 0.352 e. The van der Waals surface area contributed by atoms with E-state index in [0.717, 1.165) is 6.07 Å². The minimum absolute atomic E-state index is 0.0196. The molecule has 1 aliphatic heterocycles. The van der Waals surface area contributed by atoms with Crippen molar-refractivity contribution in [3.63, 3.8) is 0 Å². The molecule has 1 aromatic rings. The van der Waals surface area contributed by atoms with Crippen molar-refractivity contribution in [2.45, 2.75) is 19.4 Å². The number of rotatable bonds is 6. The Bertz CT molecular complexity index is 823. The third-order valence-corrected chi connectivity index (χ3v) is 6.85. The summed E-state index contributed by atoms with van der Waals surface area (Å²) in [6.07, 6.45) is 0.328. The Balaban J connectivity index is 1.92. The molecule has 2 atom stereocenters. The van der Waals surface area contributed by atoms with Gasteiger partial charge in [-0.15, -0.1) is 0 Å². The van der Waals surface area contributed by atoms with Gasteiger partial charge in [0.1, 0.15) is 5.82 Å². The van der Waals surface area contributed by atoms with E-state index >= 15 is 0 Å². The van der Waals surface area contributed by atoms with E-state index in [-0.39, 0.29) is 17.2 Å². The van der Waals surface area contributed by atoms with Crippen molar-refractivity contribution in [1.29, 1.82) is 0 Å². The van der Waals surface area contributed by atoms with Gasteiger partial charge in [0, 0.05) is 6.04 Å². The third-order valence-electron chi connectivity index (χ3n) is 3.59. The lowest BCUT2D eigenvalue weighted by Gasteiger charge is -2.16. The fourth-order valence-electron chi connectivity index (χ4n) is 2.43. The van der Waals surface area contributed by atoms with Crippen molar-refractivity contribution in [1.82, 2.24) is 5.32 Å². The van der Waals surface area contributed by atoms with Crippen molar-refractivity contribution in [2.75, 3.05) is 22.0 Å². The summed E-state index contributed by atoms with van der Waals surface area (Å²) in [6.45, 7) is 1.43. The molecule has 24 heavy (non-hydrogen) atoms. The van der Waals surface area contributed by atoms with Crippen LogP contribution in [0.5, 0.6) is 0 Å². The first-order valence-corrected chi connectivity index (χ1v) is 10.8. The summed E-state index contributed by atoms with van der Waals surface area (Å²) in [6, 6.07) is 4.50. The molecule has 1 amide bonds. The number of amides is 1. The summed E-state index contributed by atoms with van der Waals surface area (Å²) in [4.78, 5) is 12.0. The predicted molar refractivity (Wildman–Crippen MR) is 88.2 cm³/mol. The van der Waals surface area contributed by atoms with Gasteiger partial charge in [0.05, 0.1) is 28.9 Å². The highest BCUT2D eigenvalue weighted by Gasteiger charge is 2.31. The molecule has 1 heterocycles. The quantitative estimate of drug-likeness (QED) is 0.749. The number of sulfone groups is 1. The van der Waals surface area contributed by atoms with Gasteiger partial charge in [-0.05, 0) is 24.6 Å². The fourth-order valence-corrected chi connectivity index (χ4v) is 5.48. The van der Waals surface area contributed by atoms with E-state index in [2.05, 4.69) is 10.0 Å². The van der Waals surface area contributed by atoms with Crippen LogP contribution in [0.1, 0.15) is 13.3 Å². The maximum absolute atomic E-state index is 13.1. The summed E-state index contributed by atoms with van der Waals surface area (Å²) < 4.78 is 62.1. The number of sulfonamides is 1. The summed E-state index contributed by atoms with van der Waals surface area (Å²) in [5.41, 5.74) is 0.0736. The van der Waals surface area contributed by atoms with Gasteiger partial charge in [-0.1, -0.05) is 13.0 Å². The van der Waals surface area contributed by atoms with Crippen LogP contribution in [-0.4, -0.2) is 46.0 Å². The maximum atomic E-state index is 13.1. The molecule has 1 aliphatic rings. The Kier molecular flexibility index (Phi) is 5.49. The van der Waals surface area contributed by atoms with Crippen LogP contribution in [0.25, 0.3) is 0 Å². The van der Waals surface area contributed by atoms with Crippen molar-refractivity contribution in [3.8, 4) is 0 Å². The lowest BCUT2D eigenvalue weighted by Crippen LogP contribution is -2.41. The second-order valence-corrected chi connectivity index (χ2v) is 9.90. The van der Waals surface area contributed by atoms with E-state index in [1.807, 2.05) is 0 Å². The molecule has 10 heteroatoms. The van der Waals surface area contributed by atoms with Crippen LogP contribution in [-0.2, 0) is 24.7 Å². The summed E-state index contributed by atoms with van der Waals surface area (Å²) in [7, 11) is -6.98. The standard InChI is InChI=1S/C14H19FN2O5S2/c1-10(14(18)16-13-5-6-23(19,20)9-13)8-24(21,22)17-12-4-2-3-11(15)7-12/h2-4,7,10,13,17H,5-6,8-9H2,1H3,(H,16,18). The third kappa shape index (κ3) is 5.45. The molecular weight excluding hydrogens is 359 g/mol. The average Bonchev–Trinajstić information content (AvgIpc) is 2.76. The Hall–Kier alpha value is -1.68. The van der Waals surface area contributed by atoms with Crippen molar-refractivity contribution in [2.24, 2.45) is 5.92 Å². The number of hydrogen-bond acceptors (Lipinski definition) is 5. The molecule has 1 saturated heterocycles. The Morgan fingerprint density at radius 1 is 1.42 bits per heavy atom. The van der Waals surface area contributed by atoms with Crippen LogP contribution < -0.4 is 10.0 Å². The normalized spacial score (nSPS) is 21.2. The molecule has 2 unspecified atom stereocenters. The van der Waals surface area contributed by atoms with Crippen LogP contribution in [0.3, 0.4) is 0 Å². The first-order chi connectivity index (χ1) is 11.1. The van der Waals surface area contributed by atoms with Crippen LogP contribution in [0.15, 0.2) is 24.3 Å². The number of carbonyl (C=O) groups excluding carboxylic acids is 1. The molecule has 1 fully saturated rings. The van der Waals surface area contributed by atoms with Gasteiger partial charge in [-0.2, -0.15) is 0 Å². The average molecular weight is 378 g/mol. The minimum Gasteiger partial charge on any atom is -0.352 e. The number of anilines is 1. The van der Waals surface area contributed by atoms with Crippen molar-refractivity contribution < 1.29 is 26.0 Å². The molecule has 2 N–H and O–H groups in total. The van der Waals surface area contributed by atoms with Gasteiger partial charge in [0.15, 0.2) is 9.84 Å². The molecule has 1 aromatic carbocycles. The van der Waals surface area contributed by atoms with E-state index in [0.29, 0.717) is 6.42 Å². The van der Waals surface area contributed by atoms with E-state index in [9.17, 15) is 26.0 Å². The van der Waals surface area contributed by atoms with Crippen LogP contribution in [0, 0.1) is 11.7 Å². The molecule has 0 aromatic heterocycles. The molecule has 0 spiro atoms. The lowest BCUT2D eigenvalue weighted by atomic mass is 10.2. The molecule has 0 radical (unpaired) electrons. The first-order valence-electron chi connectivity index (χ1n) is 7.33. The SMILES string of the molecule is CC(CS(=O)(=O)Nc1cccc(F)c1)C(=O)NC1CCS(=O)(=O)C1. The van der Waals surface area contributed by atoms with Crippen LogP contribution >= 0.6 is 0 Å². The number of hydrogen-bond donors (Lipinski definition) is 2. The highest BCUT2D eigenvalue weighted by atomic mass is 32.2. The second-order valence-electron chi connectivity index (χ2n) is 5.90. The zero-order chi connectivity index (χ0) is 18.0. The lowest BCUT2D eigenvalue weighted by molar-refractivity contribution is -0.124. The van der Waals surface area contributed by atoms with Crippen molar-refractivity contribution >= 4 is 31.5 Å². The molecule has 0 bridgehead atoms. The van der Waals surface area contributed by atoms with Crippen LogP contribution in [0.4, 0.5) is 10.1 Å². The van der Waals surface area contributed by atoms with Gasteiger partial charge < -0.3 is 5.32 Å². The predicted octanol–water partition coefficient (Wildman–Crippen LogP) is 0.507. The number of nitrogens with one attached hydrogen (secondary N) is 2. The van der Waals surface area contributed by atoms with Gasteiger partial charge in [0.2, 0.25) is 15.9 Å². The van der Waals surface area contributed by atoms with E-state index < -0.39 is 49.3 Å². The molecule has 0 aliphatic carbocycles. The molecule has 0 saturated carbocycles. The minimum atomic E-state index is -3.85. The summed E-state index contributed by atoms with van der Waals surface area (Å²) >= 11 is 0. The van der Waals surface area contributed by atoms with E-state index in [1.165, 1.54) is 25.1 Å². The van der Waals surface area contributed by atoms with Gasteiger partial charge >= 0.3 is 0 Å². The van der Waals surface area contributed by atoms with E-state index in [4.69, 9.17) is 0 Å². The highest BCUT2D eigenvalue weighted by Crippen LogP contribution is 2.14. The van der Waals surface area contributed by atoms with Crippen LogP contribution in [0.2, 0.25) is 0 Å². The highest BCUT2D eigenvalue weighted by molar-refractivity contribution is 7.92. The van der Waals surface area contributed by atoms with Gasteiger partial charge in [-0.25, -0.2) is 21.2 Å². The fraction of sp³-hybridized carbons (Fsp3) is 0.500. The molecular formula is C14H19FN2O5S2. The smallest absolute Gasteiger partial charge is 0.233 e. The zero-order valence-electron chi connectivity index (χ0n) is 13.0. The van der Waals surface area contributed by atoms with Gasteiger partial charge in [0.25, 0.3) is 0 Å². The Labute approximate surface area is 140 Å². The topological polar surface area (TPSA) is 109 Å². The van der Waals surface area contributed by atoms with E-state index in [1.54, 1.807) is 0 Å². The Morgan fingerprint density at radius 3 is 2.71 bits per heavy atom. The zero-order valence-corrected chi connectivity index (χ0v) is 14.7. The number of benzene rings is 1. The molecule has 134 valence electrons. The van der Waals surface area contributed by atoms with Gasteiger partial charge in [-0.3, -0.25) is 9.52 Å². The number of carbonyl (C=O) groups is 1. The monoisotopic (exact) mass is 378 g/mol. The number of halogens is 1. The Morgan fingerprint density at radius 2 is 2.12 bits per heavy atom. The summed E-state index contributed by atoms with van der Waals surface area (Å²) in [5, 5.41) is 2.56. The second kappa shape index (κ2) is 7.06. The molecule has 2 rings (SSSR count). The first kappa shape index (κ1) is 18.7.